The van der Waals surface area contributed by atoms with Gasteiger partial charge in [-0.2, -0.15) is 0 Å². The van der Waals surface area contributed by atoms with Gasteiger partial charge in [-0.25, -0.2) is 0 Å². The third-order valence-electron chi connectivity index (χ3n) is 3.41. The molecule has 2 radical (unpaired) electrons. The van der Waals surface area contributed by atoms with Crippen molar-refractivity contribution in [2.45, 2.75) is 26.7 Å². The van der Waals surface area contributed by atoms with E-state index in [4.69, 9.17) is 0 Å². The molecule has 2 aromatic rings. The van der Waals surface area contributed by atoms with Crippen LogP contribution in [-0.4, -0.2) is 0 Å². The van der Waals surface area contributed by atoms with Gasteiger partial charge >= 0.3 is 0 Å². The summed E-state index contributed by atoms with van der Waals surface area (Å²) in [5, 5.41) is 0. The minimum Gasteiger partial charge on any atom is -0.0622 e. The lowest BCUT2D eigenvalue weighted by Gasteiger charge is -2.15. The summed E-state index contributed by atoms with van der Waals surface area (Å²) in [7, 11) is 0. The fourth-order valence-corrected chi connectivity index (χ4v) is 2.11. The van der Waals surface area contributed by atoms with Gasteiger partial charge in [0.2, 0.25) is 0 Å². The Balaban J connectivity index is 1.89. The van der Waals surface area contributed by atoms with Crippen LogP contribution in [0.15, 0.2) is 60.7 Å². The van der Waals surface area contributed by atoms with E-state index in [9.17, 15) is 0 Å². The molecule has 0 saturated heterocycles. The molecule has 0 aliphatic carbocycles. The van der Waals surface area contributed by atoms with E-state index in [0.29, 0.717) is 0 Å². The van der Waals surface area contributed by atoms with Crippen molar-refractivity contribution in [2.24, 2.45) is 0 Å². The molecule has 0 spiro atoms. The van der Waals surface area contributed by atoms with Gasteiger partial charge in [-0.15, -0.1) is 0 Å². The minimum absolute atomic E-state index is 1.13. The van der Waals surface area contributed by atoms with Gasteiger partial charge in [0.05, 0.1) is 0 Å². The zero-order valence-corrected chi connectivity index (χ0v) is 11.2. The van der Waals surface area contributed by atoms with E-state index in [-0.39, 0.29) is 0 Å². The molecule has 0 fully saturated rings. The summed E-state index contributed by atoms with van der Waals surface area (Å²) >= 11 is 0. The Morgan fingerprint density at radius 3 is 1.28 bits per heavy atom. The van der Waals surface area contributed by atoms with E-state index in [1.165, 1.54) is 23.0 Å². The van der Waals surface area contributed by atoms with Gasteiger partial charge in [0, 0.05) is 11.8 Å². The largest absolute Gasteiger partial charge is 0.0622 e. The van der Waals surface area contributed by atoms with E-state index >= 15 is 0 Å². The molecule has 0 amide bonds. The predicted octanol–water partition coefficient (Wildman–Crippen LogP) is 5.05. The normalized spacial score (nSPS) is 11.1. The van der Waals surface area contributed by atoms with Crippen LogP contribution in [0.2, 0.25) is 0 Å². The molecule has 2 aromatic carbocycles. The molecule has 18 heavy (non-hydrogen) atoms. The standard InChI is InChI=1S/C18H20/c1-15(17-9-5-3-6-10-17)13-14-16(2)18-11-7-4-8-12-18/h3-12H,13-14H2,1-2H3. The molecule has 0 heteroatoms. The second-order valence-corrected chi connectivity index (χ2v) is 4.79. The van der Waals surface area contributed by atoms with Crippen molar-refractivity contribution in [2.75, 3.05) is 0 Å². The van der Waals surface area contributed by atoms with Crippen molar-refractivity contribution in [3.8, 4) is 0 Å². The molecule has 0 aromatic heterocycles. The van der Waals surface area contributed by atoms with E-state index in [0.717, 1.165) is 12.8 Å². The molecule has 0 aliphatic rings. The van der Waals surface area contributed by atoms with Crippen molar-refractivity contribution >= 4 is 0 Å². The highest BCUT2D eigenvalue weighted by Gasteiger charge is 2.10. The second kappa shape index (κ2) is 6.39. The van der Waals surface area contributed by atoms with Crippen LogP contribution in [0.1, 0.15) is 37.8 Å². The molecule has 0 nitrogen and oxygen atoms in total. The molecule has 0 atom stereocenters. The fourth-order valence-electron chi connectivity index (χ4n) is 2.11. The number of hydrogen-bond donors (Lipinski definition) is 0. The Morgan fingerprint density at radius 2 is 0.944 bits per heavy atom. The summed E-state index contributed by atoms with van der Waals surface area (Å²) in [5.41, 5.74) is 2.72. The summed E-state index contributed by atoms with van der Waals surface area (Å²) in [6, 6.07) is 21.3. The lowest BCUT2D eigenvalue weighted by atomic mass is 9.89. The van der Waals surface area contributed by atoms with Crippen molar-refractivity contribution in [1.82, 2.24) is 0 Å². The average molecular weight is 236 g/mol. The Morgan fingerprint density at radius 1 is 0.611 bits per heavy atom. The van der Waals surface area contributed by atoms with Gasteiger partial charge in [-0.1, -0.05) is 74.5 Å². The Hall–Kier alpha value is -1.56. The topological polar surface area (TPSA) is 0 Å². The minimum atomic E-state index is 1.13. The number of benzene rings is 2. The van der Waals surface area contributed by atoms with Crippen LogP contribution in [0.25, 0.3) is 0 Å². The Bertz CT molecular complexity index is 398. The first-order valence-electron chi connectivity index (χ1n) is 6.53. The molecule has 0 N–H and O–H groups in total. The molecule has 0 heterocycles. The first-order valence-corrected chi connectivity index (χ1v) is 6.53. The molecule has 0 saturated carbocycles. The maximum atomic E-state index is 2.23. The number of hydrogen-bond acceptors (Lipinski definition) is 0. The van der Waals surface area contributed by atoms with Gasteiger partial charge < -0.3 is 0 Å². The monoisotopic (exact) mass is 236 g/mol. The van der Waals surface area contributed by atoms with Crippen molar-refractivity contribution in [1.29, 1.82) is 0 Å². The Kier molecular flexibility index (Phi) is 4.58. The first-order chi connectivity index (χ1) is 8.77. The van der Waals surface area contributed by atoms with Gasteiger partial charge in [0.1, 0.15) is 0 Å². The first kappa shape index (κ1) is 12.9. The average Bonchev–Trinajstić information content (AvgIpc) is 2.46. The molecular formula is C18H20. The smallest absolute Gasteiger partial charge is 0.00192 e. The lowest BCUT2D eigenvalue weighted by Crippen LogP contribution is -2.00. The van der Waals surface area contributed by atoms with Crippen LogP contribution in [0.5, 0.6) is 0 Å². The summed E-state index contributed by atoms with van der Waals surface area (Å²) in [5.74, 6) is 2.93. The summed E-state index contributed by atoms with van der Waals surface area (Å²) in [6.45, 7) is 4.46. The highest BCUT2D eigenvalue weighted by molar-refractivity contribution is 5.32. The highest BCUT2D eigenvalue weighted by Crippen LogP contribution is 2.25. The maximum absolute atomic E-state index is 2.23. The van der Waals surface area contributed by atoms with E-state index < -0.39 is 0 Å². The molecule has 2 rings (SSSR count). The van der Waals surface area contributed by atoms with Gasteiger partial charge in [0.15, 0.2) is 0 Å². The fraction of sp³-hybridized carbons (Fsp3) is 0.222. The van der Waals surface area contributed by atoms with Crippen molar-refractivity contribution in [3.05, 3.63) is 83.6 Å². The summed E-state index contributed by atoms with van der Waals surface area (Å²) < 4.78 is 0. The highest BCUT2D eigenvalue weighted by atomic mass is 14.1. The molecule has 92 valence electrons. The van der Waals surface area contributed by atoms with Gasteiger partial charge in [-0.05, 0) is 24.0 Å². The van der Waals surface area contributed by atoms with Crippen molar-refractivity contribution in [3.63, 3.8) is 0 Å². The Labute approximate surface area is 111 Å². The van der Waals surface area contributed by atoms with Crippen LogP contribution < -0.4 is 0 Å². The molecular weight excluding hydrogens is 216 g/mol. The van der Waals surface area contributed by atoms with Crippen LogP contribution >= 0.6 is 0 Å². The number of rotatable bonds is 5. The summed E-state index contributed by atoms with van der Waals surface area (Å²) in [6.07, 6.45) is 2.26. The van der Waals surface area contributed by atoms with E-state index in [1.807, 2.05) is 0 Å². The molecule has 0 aliphatic heterocycles. The quantitative estimate of drug-likeness (QED) is 0.681. The molecule has 0 unspecified atom stereocenters. The third kappa shape index (κ3) is 3.46. The van der Waals surface area contributed by atoms with Crippen LogP contribution in [0.3, 0.4) is 0 Å². The lowest BCUT2D eigenvalue weighted by molar-refractivity contribution is 0.790. The van der Waals surface area contributed by atoms with E-state index in [2.05, 4.69) is 74.5 Å². The van der Waals surface area contributed by atoms with Gasteiger partial charge in [-0.3, -0.25) is 0 Å². The van der Waals surface area contributed by atoms with Crippen LogP contribution in [-0.2, 0) is 0 Å². The SMILES string of the molecule is C[C](CC[C](C)c1ccccc1)c1ccccc1. The van der Waals surface area contributed by atoms with Crippen molar-refractivity contribution < 1.29 is 0 Å². The maximum Gasteiger partial charge on any atom is 0.00192 e. The van der Waals surface area contributed by atoms with Crippen LogP contribution in [0.4, 0.5) is 0 Å². The van der Waals surface area contributed by atoms with Crippen LogP contribution in [0, 0.1) is 11.8 Å². The predicted molar refractivity (Wildman–Crippen MR) is 78.2 cm³/mol. The third-order valence-corrected chi connectivity index (χ3v) is 3.41. The second-order valence-electron chi connectivity index (χ2n) is 4.79. The van der Waals surface area contributed by atoms with E-state index in [1.54, 1.807) is 0 Å². The zero-order valence-electron chi connectivity index (χ0n) is 11.2. The summed E-state index contributed by atoms with van der Waals surface area (Å²) in [4.78, 5) is 0. The molecule has 0 bridgehead atoms. The van der Waals surface area contributed by atoms with Gasteiger partial charge in [0.25, 0.3) is 0 Å². The zero-order chi connectivity index (χ0) is 12.8.